The molecule has 3 heterocycles. The Bertz CT molecular complexity index is 790. The van der Waals surface area contributed by atoms with Crippen LogP contribution in [0.1, 0.15) is 11.1 Å². The first-order valence-corrected chi connectivity index (χ1v) is 8.04. The minimum atomic E-state index is 0.710. The predicted octanol–water partition coefficient (Wildman–Crippen LogP) is 3.66. The molecule has 0 saturated carbocycles. The SMILES string of the molecule is Clc1ccccc1CC1CN(Cc2cnn3ccccc23)C1. The van der Waals surface area contributed by atoms with E-state index < -0.39 is 0 Å². The van der Waals surface area contributed by atoms with Gasteiger partial charge in [-0.25, -0.2) is 4.52 Å². The normalized spacial score (nSPS) is 16.0. The number of hydrogen-bond donors (Lipinski definition) is 0. The van der Waals surface area contributed by atoms with E-state index in [4.69, 9.17) is 11.6 Å². The van der Waals surface area contributed by atoms with Crippen molar-refractivity contribution >= 4 is 17.1 Å². The van der Waals surface area contributed by atoms with E-state index in [-0.39, 0.29) is 0 Å². The van der Waals surface area contributed by atoms with Crippen molar-refractivity contribution in [1.29, 1.82) is 0 Å². The van der Waals surface area contributed by atoms with Crippen LogP contribution in [0.3, 0.4) is 0 Å². The average Bonchev–Trinajstić information content (AvgIpc) is 2.90. The first-order valence-electron chi connectivity index (χ1n) is 7.66. The Labute approximate surface area is 135 Å². The summed E-state index contributed by atoms with van der Waals surface area (Å²) < 4.78 is 1.94. The highest BCUT2D eigenvalue weighted by Crippen LogP contribution is 2.26. The molecule has 0 atom stereocenters. The lowest BCUT2D eigenvalue weighted by atomic mass is 9.92. The number of pyridine rings is 1. The summed E-state index contributed by atoms with van der Waals surface area (Å²) in [7, 11) is 0. The molecule has 0 spiro atoms. The molecule has 0 N–H and O–H groups in total. The molecule has 1 aliphatic rings. The molecule has 3 aromatic rings. The van der Waals surface area contributed by atoms with Crippen LogP contribution < -0.4 is 0 Å². The lowest BCUT2D eigenvalue weighted by Crippen LogP contribution is -2.46. The Morgan fingerprint density at radius 3 is 2.73 bits per heavy atom. The third-order valence-electron chi connectivity index (χ3n) is 4.40. The van der Waals surface area contributed by atoms with Crippen molar-refractivity contribution in [3.05, 3.63) is 71.0 Å². The fourth-order valence-electron chi connectivity index (χ4n) is 3.26. The van der Waals surface area contributed by atoms with Gasteiger partial charge >= 0.3 is 0 Å². The zero-order valence-corrected chi connectivity index (χ0v) is 13.1. The van der Waals surface area contributed by atoms with Crippen LogP contribution >= 0.6 is 11.6 Å². The van der Waals surface area contributed by atoms with Gasteiger partial charge in [0, 0.05) is 36.4 Å². The molecule has 2 aromatic heterocycles. The van der Waals surface area contributed by atoms with Crippen LogP contribution in [0.2, 0.25) is 5.02 Å². The number of benzene rings is 1. The second kappa shape index (κ2) is 5.75. The van der Waals surface area contributed by atoms with Gasteiger partial charge in [0.1, 0.15) is 0 Å². The minimum absolute atomic E-state index is 0.710. The molecule has 4 heteroatoms. The summed E-state index contributed by atoms with van der Waals surface area (Å²) in [6.07, 6.45) is 5.05. The molecular weight excluding hydrogens is 294 g/mol. The highest BCUT2D eigenvalue weighted by molar-refractivity contribution is 6.31. The molecule has 112 valence electrons. The van der Waals surface area contributed by atoms with E-state index in [2.05, 4.69) is 34.3 Å². The third-order valence-corrected chi connectivity index (χ3v) is 4.77. The summed E-state index contributed by atoms with van der Waals surface area (Å²) in [5, 5.41) is 5.29. The quantitative estimate of drug-likeness (QED) is 0.733. The van der Waals surface area contributed by atoms with Gasteiger partial charge in [-0.05, 0) is 36.1 Å². The van der Waals surface area contributed by atoms with Crippen molar-refractivity contribution in [3.8, 4) is 0 Å². The van der Waals surface area contributed by atoms with E-state index in [1.807, 2.05) is 35.1 Å². The molecule has 1 aliphatic heterocycles. The van der Waals surface area contributed by atoms with Crippen molar-refractivity contribution in [2.75, 3.05) is 13.1 Å². The maximum Gasteiger partial charge on any atom is 0.0706 e. The summed E-state index contributed by atoms with van der Waals surface area (Å²) in [5.74, 6) is 0.710. The van der Waals surface area contributed by atoms with Gasteiger partial charge < -0.3 is 0 Å². The monoisotopic (exact) mass is 311 g/mol. The zero-order valence-electron chi connectivity index (χ0n) is 12.3. The number of aromatic nitrogens is 2. The molecule has 3 nitrogen and oxygen atoms in total. The number of rotatable bonds is 4. The van der Waals surface area contributed by atoms with Crippen LogP contribution in [-0.2, 0) is 13.0 Å². The van der Waals surface area contributed by atoms with Crippen LogP contribution in [0.25, 0.3) is 5.52 Å². The van der Waals surface area contributed by atoms with Crippen LogP contribution in [0, 0.1) is 5.92 Å². The van der Waals surface area contributed by atoms with E-state index >= 15 is 0 Å². The van der Waals surface area contributed by atoms with Gasteiger partial charge in [0.2, 0.25) is 0 Å². The molecule has 0 amide bonds. The van der Waals surface area contributed by atoms with Gasteiger partial charge in [-0.3, -0.25) is 4.90 Å². The van der Waals surface area contributed by atoms with Crippen molar-refractivity contribution in [3.63, 3.8) is 0 Å². The van der Waals surface area contributed by atoms with Gasteiger partial charge in [-0.15, -0.1) is 0 Å². The summed E-state index contributed by atoms with van der Waals surface area (Å²) in [5.41, 5.74) is 3.78. The van der Waals surface area contributed by atoms with E-state index in [0.29, 0.717) is 5.92 Å². The molecule has 1 saturated heterocycles. The topological polar surface area (TPSA) is 20.5 Å². The molecule has 1 aromatic carbocycles. The van der Waals surface area contributed by atoms with Crippen LogP contribution in [0.15, 0.2) is 54.9 Å². The number of fused-ring (bicyclic) bond motifs is 1. The maximum absolute atomic E-state index is 6.24. The maximum atomic E-state index is 6.24. The van der Waals surface area contributed by atoms with Gasteiger partial charge in [-0.2, -0.15) is 5.10 Å². The second-order valence-corrected chi connectivity index (χ2v) is 6.46. The lowest BCUT2D eigenvalue weighted by molar-refractivity contribution is 0.0931. The summed E-state index contributed by atoms with van der Waals surface area (Å²) in [4.78, 5) is 2.48. The van der Waals surface area contributed by atoms with Crippen LogP contribution in [0.5, 0.6) is 0 Å². The van der Waals surface area contributed by atoms with Gasteiger partial charge in [-0.1, -0.05) is 35.9 Å². The van der Waals surface area contributed by atoms with Crippen LogP contribution in [-0.4, -0.2) is 27.6 Å². The van der Waals surface area contributed by atoms with E-state index in [9.17, 15) is 0 Å². The van der Waals surface area contributed by atoms with Crippen molar-refractivity contribution < 1.29 is 0 Å². The molecule has 0 aliphatic carbocycles. The highest BCUT2D eigenvalue weighted by atomic mass is 35.5. The first kappa shape index (κ1) is 13.8. The van der Waals surface area contributed by atoms with Crippen LogP contribution in [0.4, 0.5) is 0 Å². The minimum Gasteiger partial charge on any atom is -0.298 e. The fraction of sp³-hybridized carbons (Fsp3) is 0.278. The van der Waals surface area contributed by atoms with E-state index in [1.165, 1.54) is 16.6 Å². The first-order chi connectivity index (χ1) is 10.8. The zero-order chi connectivity index (χ0) is 14.9. The number of hydrogen-bond acceptors (Lipinski definition) is 2. The molecule has 0 unspecified atom stereocenters. The Kier molecular flexibility index (Phi) is 3.60. The average molecular weight is 312 g/mol. The van der Waals surface area contributed by atoms with E-state index in [1.54, 1.807) is 0 Å². The summed E-state index contributed by atoms with van der Waals surface area (Å²) in [6.45, 7) is 3.25. The number of likely N-dealkylation sites (tertiary alicyclic amines) is 1. The Hall–Kier alpha value is -1.84. The molecular formula is C18H18ClN3. The Balaban J connectivity index is 1.37. The van der Waals surface area contributed by atoms with Crippen molar-refractivity contribution in [2.45, 2.75) is 13.0 Å². The van der Waals surface area contributed by atoms with Gasteiger partial charge in [0.05, 0.1) is 11.7 Å². The van der Waals surface area contributed by atoms with E-state index in [0.717, 1.165) is 31.1 Å². The lowest BCUT2D eigenvalue weighted by Gasteiger charge is -2.39. The van der Waals surface area contributed by atoms with Crippen molar-refractivity contribution in [1.82, 2.24) is 14.5 Å². The predicted molar refractivity (Wildman–Crippen MR) is 89.1 cm³/mol. The van der Waals surface area contributed by atoms with Gasteiger partial charge in [0.15, 0.2) is 0 Å². The molecule has 0 radical (unpaired) electrons. The largest absolute Gasteiger partial charge is 0.298 e. The second-order valence-electron chi connectivity index (χ2n) is 6.06. The van der Waals surface area contributed by atoms with Crippen molar-refractivity contribution in [2.24, 2.45) is 5.92 Å². The molecule has 22 heavy (non-hydrogen) atoms. The van der Waals surface area contributed by atoms with Gasteiger partial charge in [0.25, 0.3) is 0 Å². The fourth-order valence-corrected chi connectivity index (χ4v) is 3.47. The Morgan fingerprint density at radius 1 is 1.05 bits per heavy atom. The number of nitrogens with zero attached hydrogens (tertiary/aromatic N) is 3. The molecule has 0 bridgehead atoms. The molecule has 1 fully saturated rings. The third kappa shape index (κ3) is 2.62. The standard InChI is InChI=1S/C18H18ClN3/c19-17-6-2-1-5-15(17)9-14-11-21(12-14)13-16-10-20-22-8-4-3-7-18(16)22/h1-8,10,14H,9,11-13H2. The smallest absolute Gasteiger partial charge is 0.0706 e. The summed E-state index contributed by atoms with van der Waals surface area (Å²) >= 11 is 6.24. The highest BCUT2D eigenvalue weighted by Gasteiger charge is 2.27. The Morgan fingerprint density at radius 2 is 1.86 bits per heavy atom. The summed E-state index contributed by atoms with van der Waals surface area (Å²) in [6, 6.07) is 14.4. The number of halogens is 1. The molecule has 4 rings (SSSR count).